The smallest absolute Gasteiger partial charge is 0.0874 e. The predicted molar refractivity (Wildman–Crippen MR) is 48.0 cm³/mol. The molecule has 0 N–H and O–H groups in total. The van der Waals surface area contributed by atoms with Crippen LogP contribution in [0.3, 0.4) is 0 Å². The van der Waals surface area contributed by atoms with Gasteiger partial charge in [-0.15, -0.1) is 0 Å². The standard InChI is InChI=1S/C8H9N2P/c1-2-6-9(5-1)11-10-7-3-4-8-10/h1-8,11H. The lowest BCUT2D eigenvalue weighted by Gasteiger charge is -2.01. The fraction of sp³-hybridized carbons (Fsp3) is 0. The molecule has 0 bridgehead atoms. The Kier molecular flexibility index (Phi) is 1.78. The van der Waals surface area contributed by atoms with Crippen molar-refractivity contribution in [3.8, 4) is 0 Å². The number of nitrogens with zero attached hydrogens (tertiary/aromatic N) is 2. The van der Waals surface area contributed by atoms with E-state index >= 15 is 0 Å². The van der Waals surface area contributed by atoms with E-state index in [9.17, 15) is 0 Å². The first-order valence-electron chi connectivity index (χ1n) is 3.48. The Bertz CT molecular complexity index is 264. The van der Waals surface area contributed by atoms with Gasteiger partial charge < -0.3 is 8.68 Å². The Morgan fingerprint density at radius 3 is 1.36 bits per heavy atom. The molecule has 0 amide bonds. The molecule has 3 heteroatoms. The maximum Gasteiger partial charge on any atom is 0.0874 e. The van der Waals surface area contributed by atoms with Gasteiger partial charge in [-0.05, 0) is 24.3 Å². The molecule has 0 aliphatic heterocycles. The fourth-order valence-corrected chi connectivity index (χ4v) is 1.81. The molecule has 0 saturated heterocycles. The summed E-state index contributed by atoms with van der Waals surface area (Å²) in [4.78, 5) is 0. The minimum Gasteiger partial charge on any atom is -0.318 e. The number of rotatable bonds is 2. The molecule has 0 aliphatic carbocycles. The maximum atomic E-state index is 2.15. The molecule has 2 aromatic heterocycles. The van der Waals surface area contributed by atoms with Crippen molar-refractivity contribution in [1.29, 1.82) is 0 Å². The lowest BCUT2D eigenvalue weighted by molar-refractivity contribution is 1.17. The lowest BCUT2D eigenvalue weighted by atomic mass is 10.7. The van der Waals surface area contributed by atoms with Gasteiger partial charge in [0.2, 0.25) is 0 Å². The molecule has 2 rings (SSSR count). The van der Waals surface area contributed by atoms with Gasteiger partial charge in [0.05, 0.1) is 8.88 Å². The quantitative estimate of drug-likeness (QED) is 0.602. The van der Waals surface area contributed by atoms with Crippen LogP contribution in [0, 0.1) is 0 Å². The summed E-state index contributed by atoms with van der Waals surface area (Å²) in [5.74, 6) is 0. The molecule has 2 aromatic rings. The van der Waals surface area contributed by atoms with Gasteiger partial charge in [-0.25, -0.2) is 0 Å². The number of hydrogen-bond donors (Lipinski definition) is 0. The van der Waals surface area contributed by atoms with Crippen molar-refractivity contribution in [2.24, 2.45) is 0 Å². The van der Waals surface area contributed by atoms with Crippen molar-refractivity contribution in [3.05, 3.63) is 49.1 Å². The Morgan fingerprint density at radius 2 is 1.00 bits per heavy atom. The van der Waals surface area contributed by atoms with Crippen molar-refractivity contribution in [2.75, 3.05) is 0 Å². The van der Waals surface area contributed by atoms with Crippen LogP contribution in [0.5, 0.6) is 0 Å². The Hall–Kier alpha value is -1.01. The summed E-state index contributed by atoms with van der Waals surface area (Å²) in [6, 6.07) is 8.15. The zero-order valence-electron chi connectivity index (χ0n) is 6.01. The van der Waals surface area contributed by atoms with E-state index < -0.39 is 0 Å². The van der Waals surface area contributed by atoms with E-state index in [-0.39, 0.29) is 0 Å². The van der Waals surface area contributed by atoms with Gasteiger partial charge in [0.15, 0.2) is 0 Å². The van der Waals surface area contributed by atoms with Crippen LogP contribution in [-0.2, 0) is 0 Å². The highest BCUT2D eigenvalue weighted by Crippen LogP contribution is 2.16. The van der Waals surface area contributed by atoms with Crippen LogP contribution < -0.4 is 0 Å². The average Bonchev–Trinajstić information content (AvgIpc) is 2.60. The van der Waals surface area contributed by atoms with Crippen LogP contribution in [0.15, 0.2) is 49.1 Å². The van der Waals surface area contributed by atoms with Crippen LogP contribution >= 0.6 is 8.88 Å². The lowest BCUT2D eigenvalue weighted by Crippen LogP contribution is -1.83. The molecule has 56 valence electrons. The van der Waals surface area contributed by atoms with Crippen molar-refractivity contribution in [2.45, 2.75) is 0 Å². The maximum absolute atomic E-state index is 2.15. The van der Waals surface area contributed by atoms with Crippen LogP contribution in [0.1, 0.15) is 0 Å². The molecule has 2 nitrogen and oxygen atoms in total. The Labute approximate surface area is 67.4 Å². The normalized spacial score (nSPS) is 10.2. The predicted octanol–water partition coefficient (Wildman–Crippen LogP) is 2.19. The first kappa shape index (κ1) is 6.68. The van der Waals surface area contributed by atoms with E-state index in [0.717, 1.165) is 0 Å². The van der Waals surface area contributed by atoms with Crippen LogP contribution in [-0.4, -0.2) is 8.68 Å². The second kappa shape index (κ2) is 2.93. The second-order valence-electron chi connectivity index (χ2n) is 2.28. The SMILES string of the molecule is c1ccn(Pn2cccc2)c1. The fourth-order valence-electron chi connectivity index (χ4n) is 0.936. The highest BCUT2D eigenvalue weighted by molar-refractivity contribution is 7.34. The number of hydrogen-bond acceptors (Lipinski definition) is 0. The van der Waals surface area contributed by atoms with Gasteiger partial charge in [-0.1, -0.05) is 0 Å². The van der Waals surface area contributed by atoms with Crippen LogP contribution in [0.25, 0.3) is 0 Å². The molecule has 0 atom stereocenters. The van der Waals surface area contributed by atoms with Gasteiger partial charge in [-0.2, -0.15) is 0 Å². The molecule has 0 unspecified atom stereocenters. The van der Waals surface area contributed by atoms with E-state index in [4.69, 9.17) is 0 Å². The minimum atomic E-state index is 0.659. The van der Waals surface area contributed by atoms with E-state index in [1.807, 2.05) is 24.3 Å². The van der Waals surface area contributed by atoms with Gasteiger partial charge in [-0.3, -0.25) is 0 Å². The first-order chi connectivity index (χ1) is 5.45. The van der Waals surface area contributed by atoms with E-state index in [0.29, 0.717) is 8.88 Å². The highest BCUT2D eigenvalue weighted by Gasteiger charge is 1.88. The Balaban J connectivity index is 2.14. The third kappa shape index (κ3) is 1.52. The summed E-state index contributed by atoms with van der Waals surface area (Å²) in [6.07, 6.45) is 8.27. The van der Waals surface area contributed by atoms with Crippen molar-refractivity contribution < 1.29 is 0 Å². The monoisotopic (exact) mass is 164 g/mol. The Morgan fingerprint density at radius 1 is 0.636 bits per heavy atom. The third-order valence-corrected chi connectivity index (χ3v) is 2.50. The molecule has 0 spiro atoms. The van der Waals surface area contributed by atoms with Crippen molar-refractivity contribution in [3.63, 3.8) is 0 Å². The minimum absolute atomic E-state index is 0.659. The first-order valence-corrected chi connectivity index (χ1v) is 4.37. The van der Waals surface area contributed by atoms with Crippen LogP contribution in [0.4, 0.5) is 0 Å². The second-order valence-corrected chi connectivity index (χ2v) is 3.51. The van der Waals surface area contributed by atoms with E-state index in [1.165, 1.54) is 0 Å². The van der Waals surface area contributed by atoms with Crippen molar-refractivity contribution in [1.82, 2.24) is 8.68 Å². The van der Waals surface area contributed by atoms with Gasteiger partial charge in [0, 0.05) is 24.8 Å². The van der Waals surface area contributed by atoms with Crippen molar-refractivity contribution >= 4 is 8.88 Å². The zero-order chi connectivity index (χ0) is 7.52. The number of aromatic nitrogens is 2. The topological polar surface area (TPSA) is 9.86 Å². The highest BCUT2D eigenvalue weighted by atomic mass is 31.1. The molecule has 0 aliphatic rings. The molecular formula is C8H9N2P. The third-order valence-electron chi connectivity index (χ3n) is 1.44. The largest absolute Gasteiger partial charge is 0.318 e. The zero-order valence-corrected chi connectivity index (χ0v) is 7.01. The van der Waals surface area contributed by atoms with Crippen LogP contribution in [0.2, 0.25) is 0 Å². The molecule has 11 heavy (non-hydrogen) atoms. The molecule has 0 fully saturated rings. The molecule has 2 heterocycles. The van der Waals surface area contributed by atoms with Gasteiger partial charge in [0.1, 0.15) is 0 Å². The molecule has 0 radical (unpaired) electrons. The summed E-state index contributed by atoms with van der Waals surface area (Å²) in [6.45, 7) is 0. The van der Waals surface area contributed by atoms with Gasteiger partial charge in [0.25, 0.3) is 0 Å². The van der Waals surface area contributed by atoms with Gasteiger partial charge >= 0.3 is 0 Å². The molecular weight excluding hydrogens is 155 g/mol. The summed E-state index contributed by atoms with van der Waals surface area (Å²) in [5.41, 5.74) is 0. The van der Waals surface area contributed by atoms with E-state index in [2.05, 4.69) is 33.5 Å². The summed E-state index contributed by atoms with van der Waals surface area (Å²) >= 11 is 0. The molecule has 0 saturated carbocycles. The summed E-state index contributed by atoms with van der Waals surface area (Å²) in [5, 5.41) is 0. The summed E-state index contributed by atoms with van der Waals surface area (Å²) in [7, 11) is 0.659. The summed E-state index contributed by atoms with van der Waals surface area (Å²) < 4.78 is 4.31. The molecule has 0 aromatic carbocycles. The van der Waals surface area contributed by atoms with E-state index in [1.54, 1.807) is 0 Å². The average molecular weight is 164 g/mol.